The van der Waals surface area contributed by atoms with Crippen LogP contribution in [0.3, 0.4) is 0 Å². The standard InChI is InChI=1S/C16H32N2O/c1-3-4-5-6-7-8-9-10-16(19)18(2)13-14-11-15(17)12-14/h14-15H,3-13,17H2,1-2H3. The Labute approximate surface area is 118 Å². The van der Waals surface area contributed by atoms with Gasteiger partial charge in [-0.05, 0) is 25.2 Å². The molecule has 1 rings (SSSR count). The molecule has 2 N–H and O–H groups in total. The van der Waals surface area contributed by atoms with Crippen LogP contribution >= 0.6 is 0 Å². The van der Waals surface area contributed by atoms with Crippen molar-refractivity contribution >= 4 is 5.91 Å². The van der Waals surface area contributed by atoms with Crippen molar-refractivity contribution < 1.29 is 4.79 Å². The predicted molar refractivity (Wildman–Crippen MR) is 80.9 cm³/mol. The van der Waals surface area contributed by atoms with E-state index in [9.17, 15) is 4.79 Å². The molecule has 0 atom stereocenters. The van der Waals surface area contributed by atoms with Gasteiger partial charge in [0, 0.05) is 26.1 Å². The number of nitrogens with zero attached hydrogens (tertiary/aromatic N) is 1. The minimum absolute atomic E-state index is 0.314. The van der Waals surface area contributed by atoms with Gasteiger partial charge in [-0.2, -0.15) is 0 Å². The highest BCUT2D eigenvalue weighted by Gasteiger charge is 2.27. The van der Waals surface area contributed by atoms with Crippen LogP contribution in [0.5, 0.6) is 0 Å². The number of carbonyl (C=O) groups is 1. The molecule has 0 aliphatic heterocycles. The first kappa shape index (κ1) is 16.5. The van der Waals surface area contributed by atoms with Crippen LogP contribution in [0.25, 0.3) is 0 Å². The van der Waals surface area contributed by atoms with E-state index in [2.05, 4.69) is 6.92 Å². The van der Waals surface area contributed by atoms with E-state index < -0.39 is 0 Å². The van der Waals surface area contributed by atoms with Crippen molar-refractivity contribution in [1.29, 1.82) is 0 Å². The van der Waals surface area contributed by atoms with Crippen molar-refractivity contribution in [3.8, 4) is 0 Å². The first-order valence-electron chi connectivity index (χ1n) is 8.13. The second-order valence-corrected chi connectivity index (χ2v) is 6.24. The van der Waals surface area contributed by atoms with E-state index in [1.165, 1.54) is 38.5 Å². The fourth-order valence-corrected chi connectivity index (χ4v) is 2.85. The normalized spacial score (nSPS) is 22.1. The molecule has 0 heterocycles. The van der Waals surface area contributed by atoms with E-state index in [1.54, 1.807) is 0 Å². The molecule has 0 unspecified atom stereocenters. The van der Waals surface area contributed by atoms with Gasteiger partial charge in [-0.3, -0.25) is 4.79 Å². The number of amides is 1. The highest BCUT2D eigenvalue weighted by atomic mass is 16.2. The lowest BCUT2D eigenvalue weighted by Gasteiger charge is -2.35. The molecule has 1 amide bonds. The van der Waals surface area contributed by atoms with Gasteiger partial charge in [0.25, 0.3) is 0 Å². The zero-order valence-corrected chi connectivity index (χ0v) is 12.9. The second kappa shape index (κ2) is 9.35. The maximum atomic E-state index is 11.9. The highest BCUT2D eigenvalue weighted by Crippen LogP contribution is 2.26. The zero-order valence-electron chi connectivity index (χ0n) is 12.9. The average Bonchev–Trinajstić information content (AvgIpc) is 2.35. The number of nitrogens with two attached hydrogens (primary N) is 1. The third-order valence-corrected chi connectivity index (χ3v) is 4.22. The third-order valence-electron chi connectivity index (χ3n) is 4.22. The molecular formula is C16H32N2O. The lowest BCUT2D eigenvalue weighted by Crippen LogP contribution is -2.43. The molecule has 1 aliphatic rings. The summed E-state index contributed by atoms with van der Waals surface area (Å²) in [6.07, 6.45) is 11.8. The zero-order chi connectivity index (χ0) is 14.1. The third kappa shape index (κ3) is 6.95. The Hall–Kier alpha value is -0.570. The molecule has 0 radical (unpaired) electrons. The van der Waals surface area contributed by atoms with Crippen LogP contribution in [-0.4, -0.2) is 30.4 Å². The Morgan fingerprint density at radius 2 is 1.68 bits per heavy atom. The summed E-state index contributed by atoms with van der Waals surface area (Å²) < 4.78 is 0. The molecule has 0 aromatic rings. The fraction of sp³-hybridized carbons (Fsp3) is 0.938. The highest BCUT2D eigenvalue weighted by molar-refractivity contribution is 5.75. The van der Waals surface area contributed by atoms with Gasteiger partial charge in [0.1, 0.15) is 0 Å². The maximum Gasteiger partial charge on any atom is 0.222 e. The number of rotatable bonds is 10. The monoisotopic (exact) mass is 268 g/mol. The smallest absolute Gasteiger partial charge is 0.222 e. The molecule has 1 aliphatic carbocycles. The summed E-state index contributed by atoms with van der Waals surface area (Å²) in [5.41, 5.74) is 5.77. The SMILES string of the molecule is CCCCCCCCCC(=O)N(C)CC1CC(N)C1. The Morgan fingerprint density at radius 1 is 1.11 bits per heavy atom. The maximum absolute atomic E-state index is 11.9. The van der Waals surface area contributed by atoms with Gasteiger partial charge in [-0.1, -0.05) is 45.4 Å². The molecule has 3 nitrogen and oxygen atoms in total. The number of hydrogen-bond donors (Lipinski definition) is 1. The lowest BCUT2D eigenvalue weighted by molar-refractivity contribution is -0.131. The molecule has 19 heavy (non-hydrogen) atoms. The molecule has 1 fully saturated rings. The van der Waals surface area contributed by atoms with Crippen molar-refractivity contribution in [2.45, 2.75) is 77.2 Å². The van der Waals surface area contributed by atoms with Crippen LogP contribution < -0.4 is 5.73 Å². The molecule has 0 bridgehead atoms. The van der Waals surface area contributed by atoms with Gasteiger partial charge in [0.15, 0.2) is 0 Å². The number of hydrogen-bond acceptors (Lipinski definition) is 2. The van der Waals surface area contributed by atoms with Crippen molar-refractivity contribution in [3.05, 3.63) is 0 Å². The topological polar surface area (TPSA) is 46.3 Å². The van der Waals surface area contributed by atoms with Crippen LogP contribution in [-0.2, 0) is 4.79 Å². The minimum atomic E-state index is 0.314. The van der Waals surface area contributed by atoms with Gasteiger partial charge in [0.05, 0.1) is 0 Å². The van der Waals surface area contributed by atoms with Crippen molar-refractivity contribution in [1.82, 2.24) is 4.90 Å². The van der Waals surface area contributed by atoms with E-state index in [4.69, 9.17) is 5.73 Å². The van der Waals surface area contributed by atoms with Gasteiger partial charge in [-0.25, -0.2) is 0 Å². The van der Waals surface area contributed by atoms with Gasteiger partial charge < -0.3 is 10.6 Å². The van der Waals surface area contributed by atoms with E-state index in [1.807, 2.05) is 11.9 Å². The van der Waals surface area contributed by atoms with Crippen LogP contribution in [0.2, 0.25) is 0 Å². The molecule has 1 saturated carbocycles. The molecule has 0 saturated heterocycles. The average molecular weight is 268 g/mol. The van der Waals surface area contributed by atoms with Crippen LogP contribution in [0, 0.1) is 5.92 Å². The van der Waals surface area contributed by atoms with Crippen LogP contribution in [0.1, 0.15) is 71.1 Å². The Bertz CT molecular complexity index is 249. The summed E-state index contributed by atoms with van der Waals surface area (Å²) in [7, 11) is 1.94. The minimum Gasteiger partial charge on any atom is -0.345 e. The van der Waals surface area contributed by atoms with Gasteiger partial charge >= 0.3 is 0 Å². The largest absolute Gasteiger partial charge is 0.345 e. The van der Waals surface area contributed by atoms with E-state index in [-0.39, 0.29) is 0 Å². The summed E-state index contributed by atoms with van der Waals surface area (Å²) in [6.45, 7) is 3.15. The lowest BCUT2D eigenvalue weighted by atomic mass is 9.80. The van der Waals surface area contributed by atoms with Crippen molar-refractivity contribution in [2.24, 2.45) is 11.7 Å². The molecule has 3 heteroatoms. The van der Waals surface area contributed by atoms with Crippen molar-refractivity contribution in [2.75, 3.05) is 13.6 Å². The van der Waals surface area contributed by atoms with E-state index in [0.29, 0.717) is 17.9 Å². The van der Waals surface area contributed by atoms with Crippen molar-refractivity contribution in [3.63, 3.8) is 0 Å². The summed E-state index contributed by atoms with van der Waals surface area (Å²) in [4.78, 5) is 13.8. The first-order chi connectivity index (χ1) is 9.13. The number of carbonyl (C=O) groups excluding carboxylic acids is 1. The summed E-state index contributed by atoms with van der Waals surface area (Å²) in [5.74, 6) is 0.965. The van der Waals surface area contributed by atoms with E-state index in [0.717, 1.165) is 32.2 Å². The molecular weight excluding hydrogens is 236 g/mol. The fourth-order valence-electron chi connectivity index (χ4n) is 2.85. The second-order valence-electron chi connectivity index (χ2n) is 6.24. The summed E-state index contributed by atoms with van der Waals surface area (Å²) >= 11 is 0. The molecule has 0 aromatic carbocycles. The van der Waals surface area contributed by atoms with Gasteiger partial charge in [0.2, 0.25) is 5.91 Å². The number of unbranched alkanes of at least 4 members (excludes halogenated alkanes) is 6. The molecule has 0 spiro atoms. The van der Waals surface area contributed by atoms with Crippen LogP contribution in [0.4, 0.5) is 0 Å². The molecule has 0 aromatic heterocycles. The predicted octanol–water partition coefficient (Wildman–Crippen LogP) is 3.32. The van der Waals surface area contributed by atoms with E-state index >= 15 is 0 Å². The van der Waals surface area contributed by atoms with Gasteiger partial charge in [-0.15, -0.1) is 0 Å². The molecule has 112 valence electrons. The quantitative estimate of drug-likeness (QED) is 0.618. The summed E-state index contributed by atoms with van der Waals surface area (Å²) in [6, 6.07) is 0.386. The Balaban J connectivity index is 1.94. The Morgan fingerprint density at radius 3 is 2.26 bits per heavy atom. The summed E-state index contributed by atoms with van der Waals surface area (Å²) in [5, 5.41) is 0. The first-order valence-corrected chi connectivity index (χ1v) is 8.13. The van der Waals surface area contributed by atoms with Crippen LogP contribution in [0.15, 0.2) is 0 Å². The Kier molecular flexibility index (Phi) is 8.11.